The first-order chi connectivity index (χ1) is 15.9. The van der Waals surface area contributed by atoms with Gasteiger partial charge >= 0.3 is 0 Å². The number of aryl methyl sites for hydroxylation is 1. The zero-order valence-corrected chi connectivity index (χ0v) is 19.6. The molecule has 7 nitrogen and oxygen atoms in total. The van der Waals surface area contributed by atoms with E-state index in [1.54, 1.807) is 30.5 Å². The van der Waals surface area contributed by atoms with Gasteiger partial charge in [-0.25, -0.2) is 9.37 Å². The van der Waals surface area contributed by atoms with E-state index in [0.717, 1.165) is 25.9 Å². The van der Waals surface area contributed by atoms with Gasteiger partial charge in [-0.2, -0.15) is 0 Å². The molecule has 0 saturated carbocycles. The van der Waals surface area contributed by atoms with E-state index in [-0.39, 0.29) is 36.6 Å². The van der Waals surface area contributed by atoms with Crippen molar-refractivity contribution in [3.05, 3.63) is 69.3 Å². The minimum absolute atomic E-state index is 0.0504. The number of amides is 2. The Balaban J connectivity index is 1.37. The van der Waals surface area contributed by atoms with E-state index >= 15 is 0 Å². The van der Waals surface area contributed by atoms with Gasteiger partial charge in [-0.1, -0.05) is 17.7 Å². The molecule has 2 N–H and O–H groups in total. The fourth-order valence-electron chi connectivity index (χ4n) is 3.96. The first-order valence-electron chi connectivity index (χ1n) is 10.7. The van der Waals surface area contributed by atoms with E-state index in [1.807, 2.05) is 0 Å². The van der Waals surface area contributed by atoms with Crippen LogP contribution in [0.25, 0.3) is 0 Å². The second-order valence-corrected chi connectivity index (χ2v) is 9.13. The summed E-state index contributed by atoms with van der Waals surface area (Å²) in [4.78, 5) is 31.4. The van der Waals surface area contributed by atoms with Crippen molar-refractivity contribution < 1.29 is 18.4 Å². The molecular formula is C23H24ClFN4O3S. The number of carbonyl (C=O) groups is 2. The van der Waals surface area contributed by atoms with Gasteiger partial charge in [-0.15, -0.1) is 11.3 Å². The molecule has 1 aromatic carbocycles. The molecular weight excluding hydrogens is 467 g/mol. The molecule has 2 amide bonds. The molecule has 1 aliphatic rings. The minimum Gasteiger partial charge on any atom is -0.469 e. The van der Waals surface area contributed by atoms with E-state index in [0.29, 0.717) is 32.7 Å². The average molecular weight is 491 g/mol. The molecule has 3 aromatic rings. The molecule has 0 aliphatic carbocycles. The largest absolute Gasteiger partial charge is 0.469 e. The Labute approximate surface area is 199 Å². The lowest BCUT2D eigenvalue weighted by atomic mass is 10.0. The van der Waals surface area contributed by atoms with Gasteiger partial charge in [-0.05, 0) is 51.1 Å². The zero-order chi connectivity index (χ0) is 23.4. The molecule has 10 heteroatoms. The quantitative estimate of drug-likeness (QED) is 0.482. The van der Waals surface area contributed by atoms with Crippen LogP contribution < -0.4 is 10.6 Å². The summed E-state index contributed by atoms with van der Waals surface area (Å²) in [7, 11) is 0. The van der Waals surface area contributed by atoms with Gasteiger partial charge in [0.05, 0.1) is 30.0 Å². The van der Waals surface area contributed by atoms with E-state index < -0.39 is 0 Å². The lowest BCUT2D eigenvalue weighted by Crippen LogP contribution is -2.38. The van der Waals surface area contributed by atoms with Crippen molar-refractivity contribution in [2.24, 2.45) is 0 Å². The first-order valence-corrected chi connectivity index (χ1v) is 11.9. The number of aromatic nitrogens is 1. The van der Waals surface area contributed by atoms with E-state index in [1.165, 1.54) is 23.7 Å². The number of thiazole rings is 1. The fourth-order valence-corrected chi connectivity index (χ4v) is 4.96. The first kappa shape index (κ1) is 23.4. The Kier molecular flexibility index (Phi) is 7.42. The summed E-state index contributed by atoms with van der Waals surface area (Å²) in [6.07, 6.45) is 3.56. The van der Waals surface area contributed by atoms with Crippen molar-refractivity contribution in [1.82, 2.24) is 15.2 Å². The van der Waals surface area contributed by atoms with Crippen LogP contribution in [-0.2, 0) is 11.2 Å². The number of hydrogen-bond donors (Lipinski definition) is 2. The highest BCUT2D eigenvalue weighted by Gasteiger charge is 2.28. The molecule has 4 rings (SSSR count). The van der Waals surface area contributed by atoms with Crippen LogP contribution in [0.2, 0.25) is 5.02 Å². The van der Waals surface area contributed by atoms with Crippen LogP contribution in [0.4, 0.5) is 9.52 Å². The van der Waals surface area contributed by atoms with Gasteiger partial charge < -0.3 is 9.73 Å². The van der Waals surface area contributed by atoms with Crippen molar-refractivity contribution in [2.45, 2.75) is 32.2 Å². The minimum atomic E-state index is -0.374. The van der Waals surface area contributed by atoms with Gasteiger partial charge in [0.2, 0.25) is 5.91 Å². The fraction of sp³-hybridized carbons (Fsp3) is 0.348. The summed E-state index contributed by atoms with van der Waals surface area (Å²) < 4.78 is 19.7. The third kappa shape index (κ3) is 5.61. The van der Waals surface area contributed by atoms with E-state index in [9.17, 15) is 14.0 Å². The maximum absolute atomic E-state index is 14.6. The predicted molar refractivity (Wildman–Crippen MR) is 125 cm³/mol. The van der Waals surface area contributed by atoms with Crippen molar-refractivity contribution in [2.75, 3.05) is 25.0 Å². The summed E-state index contributed by atoms with van der Waals surface area (Å²) in [6, 6.07) is 5.88. The molecule has 0 bridgehead atoms. The Morgan fingerprint density at radius 1 is 1.30 bits per heavy atom. The number of furan rings is 1. The Hall–Kier alpha value is -2.75. The van der Waals surface area contributed by atoms with Crippen LogP contribution in [0.3, 0.4) is 0 Å². The Morgan fingerprint density at radius 2 is 2.09 bits per heavy atom. The van der Waals surface area contributed by atoms with Gasteiger partial charge in [0.25, 0.3) is 5.91 Å². The molecule has 33 heavy (non-hydrogen) atoms. The number of nitrogens with one attached hydrogen (secondary N) is 2. The third-order valence-electron chi connectivity index (χ3n) is 5.62. The monoisotopic (exact) mass is 490 g/mol. The van der Waals surface area contributed by atoms with E-state index in [4.69, 9.17) is 16.0 Å². The van der Waals surface area contributed by atoms with Crippen LogP contribution in [-0.4, -0.2) is 41.3 Å². The van der Waals surface area contributed by atoms with Crippen molar-refractivity contribution in [3.63, 3.8) is 0 Å². The van der Waals surface area contributed by atoms with Crippen LogP contribution in [0, 0.1) is 12.7 Å². The molecule has 1 atom stereocenters. The summed E-state index contributed by atoms with van der Waals surface area (Å²) >= 11 is 7.55. The molecule has 0 radical (unpaired) electrons. The summed E-state index contributed by atoms with van der Waals surface area (Å²) in [5, 5.41) is 8.09. The highest BCUT2D eigenvalue weighted by atomic mass is 35.5. The summed E-state index contributed by atoms with van der Waals surface area (Å²) in [5.41, 5.74) is 1.39. The van der Waals surface area contributed by atoms with Crippen LogP contribution in [0.1, 0.15) is 46.3 Å². The molecule has 2 aromatic heterocycles. The van der Waals surface area contributed by atoms with Crippen LogP contribution in [0.5, 0.6) is 0 Å². The maximum atomic E-state index is 14.6. The Bertz CT molecular complexity index is 1120. The lowest BCUT2D eigenvalue weighted by Gasteiger charge is -2.29. The molecule has 1 fully saturated rings. The number of halogens is 2. The van der Waals surface area contributed by atoms with Crippen LogP contribution in [0.15, 0.2) is 40.3 Å². The number of benzene rings is 1. The topological polar surface area (TPSA) is 87.5 Å². The van der Waals surface area contributed by atoms with Crippen molar-refractivity contribution in [1.29, 1.82) is 0 Å². The third-order valence-corrected chi connectivity index (χ3v) is 6.76. The van der Waals surface area contributed by atoms with Crippen molar-refractivity contribution in [3.8, 4) is 0 Å². The summed E-state index contributed by atoms with van der Waals surface area (Å²) in [6.45, 7) is 3.61. The van der Waals surface area contributed by atoms with Gasteiger partial charge in [0.15, 0.2) is 5.13 Å². The predicted octanol–water partition coefficient (Wildman–Crippen LogP) is 4.59. The maximum Gasteiger partial charge on any atom is 0.260 e. The second-order valence-electron chi connectivity index (χ2n) is 7.86. The lowest BCUT2D eigenvalue weighted by molar-refractivity contribution is -0.120. The normalized spacial score (nSPS) is 14.9. The number of anilines is 1. The van der Waals surface area contributed by atoms with Gasteiger partial charge in [0.1, 0.15) is 11.6 Å². The molecule has 0 spiro atoms. The molecule has 1 aliphatic heterocycles. The number of hydrogen-bond acceptors (Lipinski definition) is 6. The smallest absolute Gasteiger partial charge is 0.260 e. The van der Waals surface area contributed by atoms with Gasteiger partial charge in [-0.3, -0.25) is 19.8 Å². The molecule has 3 heterocycles. The number of likely N-dealkylation sites (tertiary alicyclic amines) is 1. The molecule has 1 unspecified atom stereocenters. The molecule has 1 saturated heterocycles. The van der Waals surface area contributed by atoms with Crippen LogP contribution >= 0.6 is 22.9 Å². The van der Waals surface area contributed by atoms with Crippen molar-refractivity contribution >= 4 is 39.9 Å². The Morgan fingerprint density at radius 3 is 2.79 bits per heavy atom. The highest BCUT2D eigenvalue weighted by Crippen LogP contribution is 2.32. The SMILES string of the molecule is Cc1occc1C(=O)Nc1nc(CC(=O)NCC(c2c(F)cccc2Cl)N2CCCC2)cs1. The van der Waals surface area contributed by atoms with Gasteiger partial charge in [0, 0.05) is 22.5 Å². The number of rotatable bonds is 8. The summed E-state index contributed by atoms with van der Waals surface area (Å²) in [5.74, 6) is -0.408. The standard InChI is InChI=1S/C23H24ClFN4O3S/c1-14-16(7-10-32-14)22(31)28-23-27-15(13-33-23)11-20(30)26-12-19(29-8-2-3-9-29)21-17(24)5-4-6-18(21)25/h4-7,10,13,19H,2-3,8-9,11-12H2,1H3,(H,26,30)(H,27,28,31). The molecule has 174 valence electrons. The second kappa shape index (κ2) is 10.5. The zero-order valence-electron chi connectivity index (χ0n) is 18.1. The number of carbonyl (C=O) groups excluding carboxylic acids is 2. The average Bonchev–Trinajstić information content (AvgIpc) is 3.53. The highest BCUT2D eigenvalue weighted by molar-refractivity contribution is 7.14. The van der Waals surface area contributed by atoms with E-state index in [2.05, 4.69) is 20.5 Å². The number of nitrogens with zero attached hydrogens (tertiary/aromatic N) is 2.